The van der Waals surface area contributed by atoms with Crippen molar-refractivity contribution in [2.75, 3.05) is 50.1 Å². The van der Waals surface area contributed by atoms with Crippen molar-refractivity contribution in [2.45, 2.75) is 6.04 Å². The maximum absolute atomic E-state index is 11.9. The van der Waals surface area contributed by atoms with Crippen molar-refractivity contribution in [3.63, 3.8) is 0 Å². The lowest BCUT2D eigenvalue weighted by Crippen LogP contribution is -2.43. The Labute approximate surface area is 140 Å². The van der Waals surface area contributed by atoms with Crippen LogP contribution < -0.4 is 25.2 Å². The first kappa shape index (κ1) is 15.9. The van der Waals surface area contributed by atoms with Gasteiger partial charge in [0.05, 0.1) is 36.7 Å². The lowest BCUT2D eigenvalue weighted by molar-refractivity contribution is 0.249. The molecule has 126 valence electrons. The third-order valence-electron chi connectivity index (χ3n) is 4.20. The van der Waals surface area contributed by atoms with E-state index < -0.39 is 0 Å². The van der Waals surface area contributed by atoms with E-state index in [1.807, 2.05) is 6.07 Å². The fourth-order valence-corrected chi connectivity index (χ4v) is 2.88. The summed E-state index contributed by atoms with van der Waals surface area (Å²) in [7, 11) is 3.24. The summed E-state index contributed by atoms with van der Waals surface area (Å²) in [5, 5.41) is 15.3. The highest BCUT2D eigenvalue weighted by Gasteiger charge is 2.26. The first-order chi connectivity index (χ1) is 11.6. The molecule has 8 nitrogen and oxygen atoms in total. The van der Waals surface area contributed by atoms with Crippen molar-refractivity contribution in [2.24, 2.45) is 4.99 Å². The van der Waals surface area contributed by atoms with Crippen molar-refractivity contribution in [3.05, 3.63) is 17.7 Å². The van der Waals surface area contributed by atoms with Crippen molar-refractivity contribution in [1.82, 2.24) is 10.6 Å². The van der Waals surface area contributed by atoms with Gasteiger partial charge in [-0.3, -0.25) is 9.89 Å². The molecule has 1 atom stereocenters. The van der Waals surface area contributed by atoms with Crippen LogP contribution in [0.4, 0.5) is 16.2 Å². The molecule has 8 heteroatoms. The number of nitrogens with one attached hydrogen (secondary N) is 2. The molecule has 0 saturated heterocycles. The van der Waals surface area contributed by atoms with E-state index in [0.717, 1.165) is 25.3 Å². The van der Waals surface area contributed by atoms with Gasteiger partial charge in [-0.25, -0.2) is 4.79 Å². The highest BCUT2D eigenvalue weighted by molar-refractivity contribution is 5.92. The number of anilines is 2. The van der Waals surface area contributed by atoms with Gasteiger partial charge in [0, 0.05) is 26.3 Å². The lowest BCUT2D eigenvalue weighted by atomic mass is 10.1. The van der Waals surface area contributed by atoms with E-state index in [1.54, 1.807) is 26.5 Å². The summed E-state index contributed by atoms with van der Waals surface area (Å²) in [6.45, 7) is 2.74. The molecule has 2 amide bonds. The smallest absolute Gasteiger partial charge is 0.321 e. The summed E-state index contributed by atoms with van der Waals surface area (Å²) >= 11 is 0. The number of aliphatic imine (C=N–C) groups is 1. The van der Waals surface area contributed by atoms with Crippen molar-refractivity contribution in [1.29, 1.82) is 5.26 Å². The number of hydrogen-bond acceptors (Lipinski definition) is 6. The predicted molar refractivity (Wildman–Crippen MR) is 92.0 cm³/mol. The number of hydrogen-bond donors (Lipinski definition) is 2. The van der Waals surface area contributed by atoms with E-state index in [2.05, 4.69) is 26.6 Å². The number of benzene rings is 1. The second kappa shape index (κ2) is 6.66. The van der Waals surface area contributed by atoms with Crippen molar-refractivity contribution in [3.8, 4) is 11.8 Å². The molecular weight excluding hydrogens is 308 g/mol. The molecule has 2 N–H and O–H groups in total. The van der Waals surface area contributed by atoms with Gasteiger partial charge in [0.2, 0.25) is 0 Å². The van der Waals surface area contributed by atoms with Gasteiger partial charge in [-0.05, 0) is 12.1 Å². The Bertz CT molecular complexity index is 703. The zero-order valence-corrected chi connectivity index (χ0v) is 13.7. The van der Waals surface area contributed by atoms with Gasteiger partial charge in [0.15, 0.2) is 5.75 Å². The lowest BCUT2D eigenvalue weighted by Gasteiger charge is -2.34. The molecule has 0 saturated carbocycles. The zero-order valence-electron chi connectivity index (χ0n) is 13.7. The third kappa shape index (κ3) is 2.93. The second-order valence-electron chi connectivity index (χ2n) is 5.72. The van der Waals surface area contributed by atoms with Crippen LogP contribution in [0.2, 0.25) is 0 Å². The molecule has 0 radical (unpaired) electrons. The molecule has 3 rings (SSSR count). The molecule has 0 aliphatic carbocycles. The summed E-state index contributed by atoms with van der Waals surface area (Å²) in [6.07, 6.45) is 1.72. The number of nitrogens with zero attached hydrogens (tertiary/aromatic N) is 4. The van der Waals surface area contributed by atoms with Crippen LogP contribution >= 0.6 is 0 Å². The van der Waals surface area contributed by atoms with Gasteiger partial charge in [-0.1, -0.05) is 0 Å². The summed E-state index contributed by atoms with van der Waals surface area (Å²) in [5.74, 6) is 0.580. The molecular formula is C16H20N6O2. The maximum Gasteiger partial charge on any atom is 0.321 e. The Morgan fingerprint density at radius 3 is 3.12 bits per heavy atom. The average molecular weight is 328 g/mol. The van der Waals surface area contributed by atoms with Gasteiger partial charge >= 0.3 is 6.03 Å². The SMILES string of the molecule is CNC(=O)N(C)c1cc(C#N)c2c(c1)N(CC1CN=CN1)CCO2. The fraction of sp³-hybridized carbons (Fsp3) is 0.438. The first-order valence-corrected chi connectivity index (χ1v) is 7.79. The highest BCUT2D eigenvalue weighted by atomic mass is 16.5. The largest absolute Gasteiger partial charge is 0.488 e. The second-order valence-corrected chi connectivity index (χ2v) is 5.72. The molecule has 0 spiro atoms. The summed E-state index contributed by atoms with van der Waals surface area (Å²) in [6, 6.07) is 5.73. The van der Waals surface area contributed by atoms with Gasteiger partial charge in [0.1, 0.15) is 12.7 Å². The number of amides is 2. The number of ether oxygens (including phenoxy) is 1. The minimum Gasteiger partial charge on any atom is -0.488 e. The molecule has 2 heterocycles. The first-order valence-electron chi connectivity index (χ1n) is 7.79. The number of carbonyl (C=O) groups excluding carboxylic acids is 1. The third-order valence-corrected chi connectivity index (χ3v) is 4.20. The number of rotatable bonds is 3. The topological polar surface area (TPSA) is 93.0 Å². The van der Waals surface area contributed by atoms with E-state index in [1.165, 1.54) is 4.90 Å². The van der Waals surface area contributed by atoms with E-state index in [-0.39, 0.29) is 12.1 Å². The van der Waals surface area contributed by atoms with E-state index in [4.69, 9.17) is 4.74 Å². The summed E-state index contributed by atoms with van der Waals surface area (Å²) < 4.78 is 5.73. The summed E-state index contributed by atoms with van der Waals surface area (Å²) in [4.78, 5) is 19.7. The number of nitriles is 1. The van der Waals surface area contributed by atoms with Crippen LogP contribution in [-0.2, 0) is 0 Å². The van der Waals surface area contributed by atoms with Gasteiger partial charge < -0.3 is 20.3 Å². The van der Waals surface area contributed by atoms with Crippen LogP contribution in [0.5, 0.6) is 5.75 Å². The fourth-order valence-electron chi connectivity index (χ4n) is 2.88. The maximum atomic E-state index is 11.9. The van der Waals surface area contributed by atoms with Crippen LogP contribution in [0.1, 0.15) is 5.56 Å². The van der Waals surface area contributed by atoms with Crippen LogP contribution in [0.3, 0.4) is 0 Å². The average Bonchev–Trinajstić information content (AvgIpc) is 3.12. The molecule has 2 aliphatic rings. The molecule has 0 aromatic heterocycles. The Balaban J connectivity index is 1.95. The van der Waals surface area contributed by atoms with E-state index in [9.17, 15) is 10.1 Å². The van der Waals surface area contributed by atoms with Gasteiger partial charge in [-0.2, -0.15) is 5.26 Å². The van der Waals surface area contributed by atoms with Gasteiger partial charge in [-0.15, -0.1) is 0 Å². The van der Waals surface area contributed by atoms with Crippen LogP contribution in [-0.4, -0.2) is 58.7 Å². The van der Waals surface area contributed by atoms with E-state index in [0.29, 0.717) is 23.6 Å². The monoisotopic (exact) mass is 328 g/mol. The molecule has 1 unspecified atom stereocenters. The van der Waals surface area contributed by atoms with Crippen LogP contribution in [0, 0.1) is 11.3 Å². The number of fused-ring (bicyclic) bond motifs is 1. The molecule has 2 aliphatic heterocycles. The Kier molecular flexibility index (Phi) is 4.42. The minimum absolute atomic E-state index is 0.238. The van der Waals surface area contributed by atoms with Gasteiger partial charge in [0.25, 0.3) is 0 Å². The van der Waals surface area contributed by atoms with Crippen molar-refractivity contribution >= 4 is 23.7 Å². The Morgan fingerprint density at radius 1 is 1.62 bits per heavy atom. The molecule has 1 aromatic carbocycles. The molecule has 0 fully saturated rings. The Morgan fingerprint density at radius 2 is 2.46 bits per heavy atom. The molecule has 1 aromatic rings. The van der Waals surface area contributed by atoms with Crippen LogP contribution in [0.25, 0.3) is 0 Å². The molecule has 24 heavy (non-hydrogen) atoms. The standard InChI is InChI=1S/C16H20N6O2/c1-18-16(23)21(2)13-5-11(7-17)15-14(6-13)22(3-4-24-15)9-12-8-19-10-20-12/h5-6,10,12H,3-4,8-9H2,1-2H3,(H,18,23)(H,19,20). The van der Waals surface area contributed by atoms with Crippen molar-refractivity contribution < 1.29 is 9.53 Å². The minimum atomic E-state index is -0.243. The number of urea groups is 1. The zero-order chi connectivity index (χ0) is 17.1. The number of carbonyl (C=O) groups is 1. The predicted octanol–water partition coefficient (Wildman–Crippen LogP) is 0.533. The molecule has 0 bridgehead atoms. The normalized spacial score (nSPS) is 18.2. The van der Waals surface area contributed by atoms with Crippen LogP contribution in [0.15, 0.2) is 17.1 Å². The Hall–Kier alpha value is -2.95. The summed E-state index contributed by atoms with van der Waals surface area (Å²) in [5.41, 5.74) is 1.91. The quantitative estimate of drug-likeness (QED) is 0.844. The highest BCUT2D eigenvalue weighted by Crippen LogP contribution is 2.38. The van der Waals surface area contributed by atoms with E-state index >= 15 is 0 Å².